The first kappa shape index (κ1) is 15.7. The van der Waals surface area contributed by atoms with Gasteiger partial charge in [-0.25, -0.2) is 9.78 Å². The van der Waals surface area contributed by atoms with Gasteiger partial charge in [0, 0.05) is 5.69 Å². The lowest BCUT2D eigenvalue weighted by Gasteiger charge is -2.08. The number of fused-ring (bicyclic) bond motifs is 1. The summed E-state index contributed by atoms with van der Waals surface area (Å²) in [5.74, 6) is -0.647. The molecule has 0 atom stereocenters. The number of carboxylic acid groups (broad SMARTS) is 1. The zero-order chi connectivity index (χ0) is 18.1. The summed E-state index contributed by atoms with van der Waals surface area (Å²) in [7, 11) is 0. The summed E-state index contributed by atoms with van der Waals surface area (Å²) in [6.45, 7) is 1.75. The molecule has 0 saturated heterocycles. The quantitative estimate of drug-likeness (QED) is 0.585. The van der Waals surface area contributed by atoms with Gasteiger partial charge >= 0.3 is 5.97 Å². The fraction of sp³-hybridized carbons (Fsp3) is 0.0556. The smallest absolute Gasteiger partial charge is 0.336 e. The topological polar surface area (TPSA) is 106 Å². The number of aryl methyl sites for hydroxylation is 1. The second-order valence-electron chi connectivity index (χ2n) is 5.70. The number of hydrogen-bond donors (Lipinski definition) is 2. The molecule has 0 amide bonds. The summed E-state index contributed by atoms with van der Waals surface area (Å²) in [4.78, 5) is 20.0. The van der Waals surface area contributed by atoms with Crippen molar-refractivity contribution in [3.8, 4) is 5.69 Å². The van der Waals surface area contributed by atoms with Crippen LogP contribution in [0.15, 0.2) is 54.7 Å². The van der Waals surface area contributed by atoms with Crippen molar-refractivity contribution in [3.05, 3.63) is 65.9 Å². The minimum Gasteiger partial charge on any atom is -0.478 e. The fourth-order valence-corrected chi connectivity index (χ4v) is 2.59. The van der Waals surface area contributed by atoms with E-state index in [1.54, 1.807) is 36.0 Å². The molecule has 2 N–H and O–H groups in total. The Morgan fingerprint density at radius 1 is 1.15 bits per heavy atom. The van der Waals surface area contributed by atoms with Crippen molar-refractivity contribution in [2.24, 2.45) is 0 Å². The molecule has 4 rings (SSSR count). The highest BCUT2D eigenvalue weighted by molar-refractivity contribution is 5.90. The van der Waals surface area contributed by atoms with Crippen LogP contribution in [0.4, 0.5) is 11.6 Å². The van der Waals surface area contributed by atoms with Gasteiger partial charge in [0.2, 0.25) is 5.95 Å². The highest BCUT2D eigenvalue weighted by atomic mass is 16.4. The van der Waals surface area contributed by atoms with E-state index in [1.165, 1.54) is 0 Å². The Morgan fingerprint density at radius 2 is 1.96 bits per heavy atom. The molecule has 26 heavy (non-hydrogen) atoms. The van der Waals surface area contributed by atoms with Gasteiger partial charge in [-0.15, -0.1) is 5.10 Å². The van der Waals surface area contributed by atoms with Crippen molar-refractivity contribution in [3.63, 3.8) is 0 Å². The number of anilines is 2. The number of rotatable bonds is 4. The van der Waals surface area contributed by atoms with Gasteiger partial charge in [-0.05, 0) is 36.8 Å². The molecule has 2 aromatic heterocycles. The van der Waals surface area contributed by atoms with Crippen LogP contribution in [-0.4, -0.2) is 36.0 Å². The Balaban J connectivity index is 1.72. The maximum Gasteiger partial charge on any atom is 0.336 e. The molecule has 8 nitrogen and oxygen atoms in total. The van der Waals surface area contributed by atoms with E-state index in [4.69, 9.17) is 0 Å². The van der Waals surface area contributed by atoms with E-state index in [-0.39, 0.29) is 5.56 Å². The second kappa shape index (κ2) is 6.25. The van der Waals surface area contributed by atoms with Crippen LogP contribution < -0.4 is 5.32 Å². The molecule has 2 heterocycles. The van der Waals surface area contributed by atoms with Gasteiger partial charge in [-0.1, -0.05) is 29.5 Å². The number of nitrogens with one attached hydrogen (secondary N) is 1. The van der Waals surface area contributed by atoms with E-state index in [1.807, 2.05) is 30.3 Å². The Hall–Kier alpha value is -3.81. The number of nitrogens with zero attached hydrogens (tertiary/aromatic N) is 5. The standard InChI is InChI=1S/C18H14N6O2/c1-11-7-8-12(9-14(11)17(25)26)20-18-19-10-15-16(21-18)24(23-22-15)13-5-3-2-4-6-13/h2-10H,1H3,(H,25,26)(H,19,20,21). The highest BCUT2D eigenvalue weighted by Gasteiger charge is 2.12. The minimum atomic E-state index is -0.978. The lowest BCUT2D eigenvalue weighted by molar-refractivity contribution is 0.0696. The van der Waals surface area contributed by atoms with Gasteiger partial charge in [-0.2, -0.15) is 9.67 Å². The van der Waals surface area contributed by atoms with Gasteiger partial charge in [0.15, 0.2) is 11.2 Å². The van der Waals surface area contributed by atoms with Crippen molar-refractivity contribution in [2.75, 3.05) is 5.32 Å². The van der Waals surface area contributed by atoms with Crippen molar-refractivity contribution in [1.29, 1.82) is 0 Å². The van der Waals surface area contributed by atoms with Gasteiger partial charge in [0.1, 0.15) is 0 Å². The first-order chi connectivity index (χ1) is 12.6. The number of para-hydroxylation sites is 1. The van der Waals surface area contributed by atoms with Crippen LogP contribution in [0, 0.1) is 6.92 Å². The normalized spacial score (nSPS) is 10.8. The van der Waals surface area contributed by atoms with Crippen LogP contribution in [0.5, 0.6) is 0 Å². The summed E-state index contributed by atoms with van der Waals surface area (Å²) < 4.78 is 1.63. The molecular formula is C18H14N6O2. The Bertz CT molecular complexity index is 1110. The lowest BCUT2D eigenvalue weighted by atomic mass is 10.1. The Kier molecular flexibility index (Phi) is 3.77. The summed E-state index contributed by atoms with van der Waals surface area (Å²) >= 11 is 0. The summed E-state index contributed by atoms with van der Waals surface area (Å²) in [5, 5.41) is 20.5. The first-order valence-corrected chi connectivity index (χ1v) is 7.86. The first-order valence-electron chi connectivity index (χ1n) is 7.86. The van der Waals surface area contributed by atoms with E-state index in [0.29, 0.717) is 28.4 Å². The zero-order valence-electron chi connectivity index (χ0n) is 13.8. The molecule has 0 aliphatic rings. The van der Waals surface area contributed by atoms with E-state index in [0.717, 1.165) is 5.69 Å². The second-order valence-corrected chi connectivity index (χ2v) is 5.70. The number of hydrogen-bond acceptors (Lipinski definition) is 6. The zero-order valence-corrected chi connectivity index (χ0v) is 13.8. The molecule has 0 fully saturated rings. The van der Waals surface area contributed by atoms with Crippen LogP contribution in [0.3, 0.4) is 0 Å². The van der Waals surface area contributed by atoms with Crippen molar-refractivity contribution in [2.45, 2.75) is 6.92 Å². The third-order valence-electron chi connectivity index (χ3n) is 3.92. The van der Waals surface area contributed by atoms with E-state index >= 15 is 0 Å². The van der Waals surface area contributed by atoms with Gasteiger partial charge in [-0.3, -0.25) is 0 Å². The maximum atomic E-state index is 11.3. The average molecular weight is 346 g/mol. The number of aromatic carboxylic acids is 1. The predicted molar refractivity (Wildman–Crippen MR) is 95.9 cm³/mol. The third kappa shape index (κ3) is 2.84. The van der Waals surface area contributed by atoms with Crippen LogP contribution in [0.2, 0.25) is 0 Å². The molecule has 0 spiro atoms. The lowest BCUT2D eigenvalue weighted by Crippen LogP contribution is -2.03. The van der Waals surface area contributed by atoms with E-state index in [2.05, 4.69) is 25.6 Å². The number of carboxylic acids is 1. The molecule has 0 aliphatic heterocycles. The monoisotopic (exact) mass is 346 g/mol. The molecule has 0 bridgehead atoms. The van der Waals surface area contributed by atoms with Crippen LogP contribution >= 0.6 is 0 Å². The molecule has 0 saturated carbocycles. The van der Waals surface area contributed by atoms with Crippen molar-refractivity contribution >= 4 is 28.8 Å². The molecule has 2 aromatic carbocycles. The summed E-state index contributed by atoms with van der Waals surface area (Å²) in [5.41, 5.74) is 3.46. The largest absolute Gasteiger partial charge is 0.478 e. The molecular weight excluding hydrogens is 332 g/mol. The van der Waals surface area contributed by atoms with Crippen LogP contribution in [0.25, 0.3) is 16.9 Å². The highest BCUT2D eigenvalue weighted by Crippen LogP contribution is 2.20. The average Bonchev–Trinajstić information content (AvgIpc) is 3.07. The number of benzene rings is 2. The predicted octanol–water partition coefficient (Wildman–Crippen LogP) is 2.96. The molecule has 0 unspecified atom stereocenters. The van der Waals surface area contributed by atoms with E-state index < -0.39 is 5.97 Å². The number of aromatic nitrogens is 5. The van der Waals surface area contributed by atoms with Gasteiger partial charge < -0.3 is 10.4 Å². The van der Waals surface area contributed by atoms with Gasteiger partial charge in [0.25, 0.3) is 0 Å². The van der Waals surface area contributed by atoms with Crippen LogP contribution in [-0.2, 0) is 0 Å². The molecule has 0 aliphatic carbocycles. The fourth-order valence-electron chi connectivity index (χ4n) is 2.59. The SMILES string of the molecule is Cc1ccc(Nc2ncc3nnn(-c4ccccc4)c3n2)cc1C(=O)O. The molecule has 8 heteroatoms. The Morgan fingerprint density at radius 3 is 2.73 bits per heavy atom. The van der Waals surface area contributed by atoms with Gasteiger partial charge in [0.05, 0.1) is 17.4 Å². The van der Waals surface area contributed by atoms with Crippen molar-refractivity contribution < 1.29 is 9.90 Å². The Labute approximate surface area is 148 Å². The molecule has 4 aromatic rings. The number of carbonyl (C=O) groups is 1. The van der Waals surface area contributed by atoms with Crippen LogP contribution in [0.1, 0.15) is 15.9 Å². The van der Waals surface area contributed by atoms with Crippen molar-refractivity contribution in [1.82, 2.24) is 25.0 Å². The summed E-state index contributed by atoms with van der Waals surface area (Å²) in [6, 6.07) is 14.6. The summed E-state index contributed by atoms with van der Waals surface area (Å²) in [6.07, 6.45) is 1.57. The van der Waals surface area contributed by atoms with E-state index in [9.17, 15) is 9.90 Å². The third-order valence-corrected chi connectivity index (χ3v) is 3.92. The minimum absolute atomic E-state index is 0.229. The maximum absolute atomic E-state index is 11.3. The molecule has 128 valence electrons. The molecule has 0 radical (unpaired) electrons.